The van der Waals surface area contributed by atoms with Crippen LogP contribution >= 0.6 is 0 Å². The van der Waals surface area contributed by atoms with Gasteiger partial charge in [-0.15, -0.1) is 0 Å². The molecular weight excluding hydrogens is 314 g/mol. The third-order valence-electron chi connectivity index (χ3n) is 4.15. The molecule has 1 saturated heterocycles. The fraction of sp³-hybridized carbons (Fsp3) is 0.300. The molecule has 0 unspecified atom stereocenters. The Morgan fingerprint density at radius 1 is 1.32 bits per heavy atom. The van der Waals surface area contributed by atoms with Gasteiger partial charge < -0.3 is 15.0 Å². The fourth-order valence-corrected chi connectivity index (χ4v) is 2.90. The Morgan fingerprint density at radius 2 is 2.16 bits per heavy atom. The molecule has 25 heavy (non-hydrogen) atoms. The van der Waals surface area contributed by atoms with Crippen molar-refractivity contribution in [1.29, 1.82) is 0 Å². The molecule has 1 aromatic carbocycles. The second-order valence-corrected chi connectivity index (χ2v) is 5.97. The largest absolute Gasteiger partial charge is 0.463 e. The summed E-state index contributed by atoms with van der Waals surface area (Å²) in [5, 5.41) is 3.48. The number of benzene rings is 1. The lowest BCUT2D eigenvalue weighted by Gasteiger charge is -2.19. The third-order valence-corrected chi connectivity index (χ3v) is 4.15. The zero-order chi connectivity index (χ0) is 17.5. The van der Waals surface area contributed by atoms with Gasteiger partial charge in [0.05, 0.1) is 6.61 Å². The lowest BCUT2D eigenvalue weighted by molar-refractivity contribution is -0.137. The number of pyridine rings is 1. The zero-order valence-corrected chi connectivity index (χ0v) is 14.4. The summed E-state index contributed by atoms with van der Waals surface area (Å²) in [5.41, 5.74) is 2.13. The second-order valence-electron chi connectivity index (χ2n) is 5.97. The number of ether oxygens (including phenoxy) is 1. The summed E-state index contributed by atoms with van der Waals surface area (Å²) in [6.45, 7) is 4.18. The standard InChI is InChI=1S/C20H23N3O2/c1-2-25-20(24)11-9-16-8-10-19(21-14-16)22-17-12-13-23(15-17)18-6-4-3-5-7-18/h3-11,14,17H,2,12-13,15H2,1H3,(H,21,22)/b11-9+/t17-/m1/s1. The maximum atomic E-state index is 11.3. The van der Waals surface area contributed by atoms with Gasteiger partial charge in [-0.1, -0.05) is 18.2 Å². The van der Waals surface area contributed by atoms with Crippen molar-refractivity contribution in [3.8, 4) is 0 Å². The number of anilines is 2. The van der Waals surface area contributed by atoms with Gasteiger partial charge in [-0.2, -0.15) is 0 Å². The Morgan fingerprint density at radius 3 is 2.88 bits per heavy atom. The summed E-state index contributed by atoms with van der Waals surface area (Å²) >= 11 is 0. The number of nitrogens with one attached hydrogen (secondary N) is 1. The number of aromatic nitrogens is 1. The predicted molar refractivity (Wildman–Crippen MR) is 101 cm³/mol. The molecule has 1 aliphatic heterocycles. The van der Waals surface area contributed by atoms with Gasteiger partial charge in [-0.3, -0.25) is 0 Å². The van der Waals surface area contributed by atoms with E-state index in [1.54, 1.807) is 19.2 Å². The maximum absolute atomic E-state index is 11.3. The molecule has 130 valence electrons. The SMILES string of the molecule is CCOC(=O)/C=C/c1ccc(N[C@@H]2CCN(c3ccccc3)C2)nc1. The van der Waals surface area contributed by atoms with Gasteiger partial charge in [0.25, 0.3) is 0 Å². The second kappa shape index (κ2) is 8.33. The van der Waals surface area contributed by atoms with Crippen LogP contribution in [0.2, 0.25) is 0 Å². The summed E-state index contributed by atoms with van der Waals surface area (Å²) in [5.74, 6) is 0.518. The monoisotopic (exact) mass is 337 g/mol. The first-order chi connectivity index (χ1) is 12.2. The van der Waals surface area contributed by atoms with E-state index in [0.29, 0.717) is 12.6 Å². The highest BCUT2D eigenvalue weighted by Gasteiger charge is 2.22. The lowest BCUT2D eigenvalue weighted by Crippen LogP contribution is -2.26. The van der Waals surface area contributed by atoms with Crippen LogP contribution in [0.4, 0.5) is 11.5 Å². The lowest BCUT2D eigenvalue weighted by atomic mass is 10.2. The van der Waals surface area contributed by atoms with E-state index in [2.05, 4.69) is 39.5 Å². The summed E-state index contributed by atoms with van der Waals surface area (Å²) in [6.07, 6.45) is 5.97. The highest BCUT2D eigenvalue weighted by molar-refractivity contribution is 5.86. The number of hydrogen-bond acceptors (Lipinski definition) is 5. The first-order valence-electron chi connectivity index (χ1n) is 8.62. The molecular formula is C20H23N3O2. The molecule has 0 radical (unpaired) electrons. The van der Waals surface area contributed by atoms with Gasteiger partial charge in [-0.05, 0) is 49.2 Å². The number of hydrogen-bond donors (Lipinski definition) is 1. The topological polar surface area (TPSA) is 54.5 Å². The van der Waals surface area contributed by atoms with Gasteiger partial charge in [0.2, 0.25) is 0 Å². The van der Waals surface area contributed by atoms with E-state index in [1.807, 2.05) is 18.2 Å². The zero-order valence-electron chi connectivity index (χ0n) is 14.4. The minimum absolute atomic E-state index is 0.336. The van der Waals surface area contributed by atoms with Crippen LogP contribution in [0.25, 0.3) is 6.08 Å². The van der Waals surface area contributed by atoms with Crippen molar-refractivity contribution < 1.29 is 9.53 Å². The van der Waals surface area contributed by atoms with Crippen LogP contribution in [0.3, 0.4) is 0 Å². The van der Waals surface area contributed by atoms with Crippen molar-refractivity contribution in [2.75, 3.05) is 29.9 Å². The van der Waals surface area contributed by atoms with Crippen LogP contribution in [0, 0.1) is 0 Å². The Bertz CT molecular complexity index is 713. The van der Waals surface area contributed by atoms with Crippen molar-refractivity contribution in [1.82, 2.24) is 4.98 Å². The first-order valence-corrected chi connectivity index (χ1v) is 8.62. The number of nitrogens with zero attached hydrogens (tertiary/aromatic N) is 2. The van der Waals surface area contributed by atoms with E-state index in [4.69, 9.17) is 4.74 Å². The Kier molecular flexibility index (Phi) is 5.67. The van der Waals surface area contributed by atoms with E-state index >= 15 is 0 Å². The van der Waals surface area contributed by atoms with Crippen LogP contribution in [0.15, 0.2) is 54.7 Å². The molecule has 0 aliphatic carbocycles. The molecule has 5 nitrogen and oxygen atoms in total. The van der Waals surface area contributed by atoms with E-state index < -0.39 is 0 Å². The number of para-hydroxylation sites is 1. The highest BCUT2D eigenvalue weighted by atomic mass is 16.5. The number of carbonyl (C=O) groups is 1. The number of carbonyl (C=O) groups excluding carboxylic acids is 1. The van der Waals surface area contributed by atoms with Crippen LogP contribution < -0.4 is 10.2 Å². The van der Waals surface area contributed by atoms with E-state index in [1.165, 1.54) is 11.8 Å². The average molecular weight is 337 g/mol. The number of rotatable bonds is 6. The van der Waals surface area contributed by atoms with E-state index in [0.717, 1.165) is 30.9 Å². The third kappa shape index (κ3) is 4.83. The van der Waals surface area contributed by atoms with E-state index in [9.17, 15) is 4.79 Å². The fourth-order valence-electron chi connectivity index (χ4n) is 2.90. The van der Waals surface area contributed by atoms with Gasteiger partial charge in [0, 0.05) is 37.1 Å². The molecule has 0 spiro atoms. The minimum Gasteiger partial charge on any atom is -0.463 e. The van der Waals surface area contributed by atoms with Gasteiger partial charge in [-0.25, -0.2) is 9.78 Å². The Balaban J connectivity index is 1.53. The van der Waals surface area contributed by atoms with Crippen molar-refractivity contribution in [2.45, 2.75) is 19.4 Å². The molecule has 0 amide bonds. The van der Waals surface area contributed by atoms with Crippen LogP contribution in [-0.2, 0) is 9.53 Å². The summed E-state index contributed by atoms with van der Waals surface area (Å²) in [6, 6.07) is 14.7. The summed E-state index contributed by atoms with van der Waals surface area (Å²) < 4.78 is 4.86. The molecule has 1 fully saturated rings. The van der Waals surface area contributed by atoms with Crippen LogP contribution in [0.1, 0.15) is 18.9 Å². The molecule has 3 rings (SSSR count). The van der Waals surface area contributed by atoms with Crippen molar-refractivity contribution in [3.05, 3.63) is 60.3 Å². The Labute approximate surface area is 148 Å². The highest BCUT2D eigenvalue weighted by Crippen LogP contribution is 2.21. The van der Waals surface area contributed by atoms with E-state index in [-0.39, 0.29) is 5.97 Å². The quantitative estimate of drug-likeness (QED) is 0.647. The van der Waals surface area contributed by atoms with Crippen LogP contribution in [0.5, 0.6) is 0 Å². The molecule has 1 N–H and O–H groups in total. The molecule has 0 saturated carbocycles. The number of esters is 1. The summed E-state index contributed by atoms with van der Waals surface area (Å²) in [4.78, 5) is 18.1. The maximum Gasteiger partial charge on any atom is 0.330 e. The van der Waals surface area contributed by atoms with Gasteiger partial charge in [0.15, 0.2) is 0 Å². The average Bonchev–Trinajstić information content (AvgIpc) is 3.11. The van der Waals surface area contributed by atoms with Crippen molar-refractivity contribution in [2.24, 2.45) is 0 Å². The molecule has 2 aromatic rings. The van der Waals surface area contributed by atoms with Gasteiger partial charge >= 0.3 is 5.97 Å². The minimum atomic E-state index is -0.336. The van der Waals surface area contributed by atoms with Crippen molar-refractivity contribution in [3.63, 3.8) is 0 Å². The van der Waals surface area contributed by atoms with Gasteiger partial charge in [0.1, 0.15) is 5.82 Å². The predicted octanol–water partition coefficient (Wildman–Crippen LogP) is 3.35. The smallest absolute Gasteiger partial charge is 0.330 e. The molecule has 0 bridgehead atoms. The summed E-state index contributed by atoms with van der Waals surface area (Å²) in [7, 11) is 0. The van der Waals surface area contributed by atoms with Crippen LogP contribution in [-0.4, -0.2) is 36.7 Å². The normalized spacial score (nSPS) is 17.0. The first kappa shape index (κ1) is 17.0. The molecule has 1 aliphatic rings. The molecule has 1 atom stereocenters. The van der Waals surface area contributed by atoms with Crippen molar-refractivity contribution >= 4 is 23.6 Å². The molecule has 2 heterocycles. The Hall–Kier alpha value is -2.82. The molecule has 5 heteroatoms. The molecule has 1 aromatic heterocycles.